The molecule has 2 unspecified atom stereocenters. The Hall–Kier alpha value is -1.70. The fraction of sp³-hybridized carbons (Fsp3) is 0.222. The topological polar surface area (TPSA) is 98.7 Å². The van der Waals surface area contributed by atoms with Gasteiger partial charge in [0.1, 0.15) is 12.2 Å². The molecule has 0 amide bonds. The molecule has 2 aromatic carbocycles. The van der Waals surface area contributed by atoms with Crippen LogP contribution < -0.4 is 39.8 Å². The van der Waals surface area contributed by atoms with Crippen LogP contribution in [0, 0.1) is 0 Å². The van der Waals surface area contributed by atoms with E-state index >= 15 is 0 Å². The molecule has 0 spiro atoms. The van der Waals surface area contributed by atoms with Crippen molar-refractivity contribution in [2.75, 3.05) is 14.2 Å². The van der Waals surface area contributed by atoms with Gasteiger partial charge in [-0.25, -0.2) is 0 Å². The Labute approximate surface area is 168 Å². The van der Waals surface area contributed by atoms with Gasteiger partial charge in [0.25, 0.3) is 0 Å². The molecule has 2 rings (SSSR count). The number of carbonyl (C=O) groups excluding carboxylic acids is 2. The van der Waals surface area contributed by atoms with Crippen molar-refractivity contribution >= 4 is 11.9 Å². The SMILES string of the molecule is COC(C(=O)[O-])c1ccccc1.COC(C(=O)[O-])c1ccccc1.[Na+]. The van der Waals surface area contributed by atoms with Gasteiger partial charge in [-0.15, -0.1) is 0 Å². The van der Waals surface area contributed by atoms with Gasteiger partial charge in [0, 0.05) is 14.2 Å². The molecule has 0 aliphatic rings. The summed E-state index contributed by atoms with van der Waals surface area (Å²) in [7, 11) is 2.68. The van der Waals surface area contributed by atoms with E-state index in [0.29, 0.717) is 11.1 Å². The van der Waals surface area contributed by atoms with Crippen molar-refractivity contribution in [2.45, 2.75) is 12.2 Å². The molecule has 0 saturated carbocycles. The van der Waals surface area contributed by atoms with Crippen LogP contribution in [0.25, 0.3) is 0 Å². The third kappa shape index (κ3) is 7.81. The molecule has 2 atom stereocenters. The minimum Gasteiger partial charge on any atom is -0.547 e. The molecular formula is C18H18NaO6-. The van der Waals surface area contributed by atoms with E-state index in [2.05, 4.69) is 0 Å². The van der Waals surface area contributed by atoms with E-state index in [9.17, 15) is 19.8 Å². The van der Waals surface area contributed by atoms with Gasteiger partial charge >= 0.3 is 29.6 Å². The summed E-state index contributed by atoms with van der Waals surface area (Å²) in [5, 5.41) is 21.0. The second-order valence-corrected chi connectivity index (χ2v) is 4.69. The van der Waals surface area contributed by atoms with Crippen LogP contribution in [0.1, 0.15) is 23.3 Å². The zero-order valence-corrected chi connectivity index (χ0v) is 16.4. The Morgan fingerprint density at radius 1 is 0.720 bits per heavy atom. The van der Waals surface area contributed by atoms with Gasteiger partial charge in [-0.2, -0.15) is 0 Å². The van der Waals surface area contributed by atoms with Crippen LogP contribution in [0.4, 0.5) is 0 Å². The number of carboxylic acid groups (broad SMARTS) is 2. The molecule has 0 aromatic heterocycles. The summed E-state index contributed by atoms with van der Waals surface area (Å²) in [5.74, 6) is -2.44. The summed E-state index contributed by atoms with van der Waals surface area (Å²) >= 11 is 0. The van der Waals surface area contributed by atoms with Crippen LogP contribution in [0.2, 0.25) is 0 Å². The average Bonchev–Trinajstić information content (AvgIpc) is 2.58. The van der Waals surface area contributed by atoms with E-state index in [0.717, 1.165) is 0 Å². The number of hydrogen-bond acceptors (Lipinski definition) is 6. The number of carbonyl (C=O) groups is 2. The molecule has 6 nitrogen and oxygen atoms in total. The van der Waals surface area contributed by atoms with Gasteiger partial charge in [-0.1, -0.05) is 60.7 Å². The summed E-state index contributed by atoms with van der Waals surface area (Å²) in [6.45, 7) is 0. The van der Waals surface area contributed by atoms with Gasteiger partial charge in [0.2, 0.25) is 0 Å². The third-order valence-corrected chi connectivity index (χ3v) is 3.10. The Morgan fingerprint density at radius 2 is 1.00 bits per heavy atom. The molecule has 0 saturated heterocycles. The maximum absolute atomic E-state index is 10.5. The zero-order valence-electron chi connectivity index (χ0n) is 14.4. The van der Waals surface area contributed by atoms with Gasteiger partial charge in [0.15, 0.2) is 0 Å². The molecule has 7 heteroatoms. The van der Waals surface area contributed by atoms with E-state index in [1.807, 2.05) is 12.1 Å². The monoisotopic (exact) mass is 353 g/mol. The van der Waals surface area contributed by atoms with Crippen LogP contribution in [-0.2, 0) is 19.1 Å². The van der Waals surface area contributed by atoms with E-state index in [1.165, 1.54) is 14.2 Å². The van der Waals surface area contributed by atoms with Gasteiger partial charge < -0.3 is 29.3 Å². The molecule has 0 fully saturated rings. The fourth-order valence-corrected chi connectivity index (χ4v) is 1.99. The number of benzene rings is 2. The smallest absolute Gasteiger partial charge is 0.547 e. The Bertz CT molecular complexity index is 575. The van der Waals surface area contributed by atoms with Crippen molar-refractivity contribution in [3.63, 3.8) is 0 Å². The van der Waals surface area contributed by atoms with Crippen molar-refractivity contribution in [2.24, 2.45) is 0 Å². The molecule has 0 aliphatic heterocycles. The number of aliphatic carboxylic acids is 2. The molecule has 0 radical (unpaired) electrons. The molecule has 0 heterocycles. The number of carboxylic acids is 2. The summed E-state index contributed by atoms with van der Waals surface area (Å²) in [6.07, 6.45) is -1.93. The molecule has 0 aliphatic carbocycles. The predicted molar refractivity (Wildman–Crippen MR) is 82.4 cm³/mol. The third-order valence-electron chi connectivity index (χ3n) is 3.10. The minimum atomic E-state index is -1.22. The molecule has 2 aromatic rings. The van der Waals surface area contributed by atoms with Gasteiger partial charge in [-0.3, -0.25) is 0 Å². The number of rotatable bonds is 6. The molecular weight excluding hydrogens is 335 g/mol. The second kappa shape index (κ2) is 12.6. The molecule has 0 N–H and O–H groups in total. The van der Waals surface area contributed by atoms with Crippen LogP contribution in [0.5, 0.6) is 0 Å². The molecule has 0 bridgehead atoms. The van der Waals surface area contributed by atoms with Crippen molar-refractivity contribution in [3.8, 4) is 0 Å². The first-order valence-corrected chi connectivity index (χ1v) is 7.08. The zero-order chi connectivity index (χ0) is 17.9. The molecule has 128 valence electrons. The summed E-state index contributed by atoms with van der Waals surface area (Å²) < 4.78 is 9.47. The number of ether oxygens (including phenoxy) is 2. The van der Waals surface area contributed by atoms with E-state index in [-0.39, 0.29) is 29.6 Å². The van der Waals surface area contributed by atoms with E-state index in [1.54, 1.807) is 48.5 Å². The van der Waals surface area contributed by atoms with E-state index in [4.69, 9.17) is 9.47 Å². The Morgan fingerprint density at radius 3 is 1.20 bits per heavy atom. The average molecular weight is 353 g/mol. The maximum Gasteiger partial charge on any atom is 1.00 e. The summed E-state index contributed by atoms with van der Waals surface area (Å²) in [6, 6.07) is 17.4. The van der Waals surface area contributed by atoms with Crippen molar-refractivity contribution in [3.05, 3.63) is 71.8 Å². The first kappa shape index (κ1) is 23.3. The largest absolute Gasteiger partial charge is 1.00 e. The summed E-state index contributed by atoms with van der Waals surface area (Å²) in [4.78, 5) is 21.0. The number of hydrogen-bond donors (Lipinski definition) is 0. The van der Waals surface area contributed by atoms with Gasteiger partial charge in [-0.05, 0) is 11.1 Å². The maximum atomic E-state index is 10.5. The Balaban J connectivity index is 0.000000443. The predicted octanol–water partition coefficient (Wildman–Crippen LogP) is -2.75. The van der Waals surface area contributed by atoms with Crippen LogP contribution in [-0.4, -0.2) is 26.2 Å². The first-order chi connectivity index (χ1) is 11.5. The van der Waals surface area contributed by atoms with Gasteiger partial charge in [0.05, 0.1) is 11.9 Å². The van der Waals surface area contributed by atoms with Crippen molar-refractivity contribution < 1.29 is 58.8 Å². The van der Waals surface area contributed by atoms with Crippen molar-refractivity contribution in [1.29, 1.82) is 0 Å². The molecule has 25 heavy (non-hydrogen) atoms. The van der Waals surface area contributed by atoms with Crippen molar-refractivity contribution in [1.82, 2.24) is 0 Å². The standard InChI is InChI=1S/2C9H10O3.Na/c2*1-12-8(9(10)11)7-5-3-2-4-6-7;/h2*2-6,8H,1H3,(H,10,11);/q;;+1/p-2. The van der Waals surface area contributed by atoms with Crippen LogP contribution in [0.3, 0.4) is 0 Å². The quantitative estimate of drug-likeness (QED) is 0.522. The summed E-state index contributed by atoms with van der Waals surface area (Å²) in [5.41, 5.74) is 1.19. The second-order valence-electron chi connectivity index (χ2n) is 4.69. The fourth-order valence-electron chi connectivity index (χ4n) is 1.99. The number of methoxy groups -OCH3 is 2. The first-order valence-electron chi connectivity index (χ1n) is 7.08. The van der Waals surface area contributed by atoms with Crippen LogP contribution >= 0.6 is 0 Å². The van der Waals surface area contributed by atoms with Crippen LogP contribution in [0.15, 0.2) is 60.7 Å². The Kier molecular flexibility index (Phi) is 11.8. The van der Waals surface area contributed by atoms with E-state index < -0.39 is 24.1 Å². The normalized spacial score (nSPS) is 11.9. The minimum absolute atomic E-state index is 0.